The number of methoxy groups -OCH3 is 1. The summed E-state index contributed by atoms with van der Waals surface area (Å²) >= 11 is 0. The number of ether oxygens (including phenoxy) is 1. The van der Waals surface area contributed by atoms with Crippen LogP contribution in [-0.2, 0) is 19.1 Å². The van der Waals surface area contributed by atoms with Crippen molar-refractivity contribution < 1.29 is 19.1 Å². The molecule has 0 aromatic heterocycles. The zero-order valence-corrected chi connectivity index (χ0v) is 7.94. The molecule has 1 fully saturated rings. The van der Waals surface area contributed by atoms with E-state index in [1.807, 2.05) is 0 Å². The molecule has 1 aliphatic heterocycles. The maximum Gasteiger partial charge on any atom is 0.331 e. The molecule has 0 aliphatic carbocycles. The molecule has 7 heteroatoms. The number of nitriles is 1. The fourth-order valence-corrected chi connectivity index (χ4v) is 1.15. The molecule has 0 spiro atoms. The number of carbonyl (C=O) groups is 3. The molecule has 0 aromatic rings. The summed E-state index contributed by atoms with van der Waals surface area (Å²) < 4.78 is 4.40. The van der Waals surface area contributed by atoms with Crippen molar-refractivity contribution >= 4 is 17.8 Å². The second kappa shape index (κ2) is 4.41. The summed E-state index contributed by atoms with van der Waals surface area (Å²) in [5.41, 5.74) is 0. The third-order valence-corrected chi connectivity index (χ3v) is 1.92. The van der Waals surface area contributed by atoms with E-state index in [9.17, 15) is 14.4 Å². The molecule has 0 unspecified atom stereocenters. The third-order valence-electron chi connectivity index (χ3n) is 1.92. The van der Waals surface area contributed by atoms with E-state index >= 15 is 0 Å². The average Bonchev–Trinajstić information content (AvgIpc) is 2.22. The van der Waals surface area contributed by atoms with E-state index in [0.717, 1.165) is 0 Å². The van der Waals surface area contributed by atoms with Crippen LogP contribution in [0.25, 0.3) is 0 Å². The Morgan fingerprint density at radius 1 is 1.67 bits per heavy atom. The van der Waals surface area contributed by atoms with E-state index in [2.05, 4.69) is 15.4 Å². The van der Waals surface area contributed by atoms with Gasteiger partial charge in [-0.2, -0.15) is 5.26 Å². The van der Waals surface area contributed by atoms with Gasteiger partial charge in [0.05, 0.1) is 13.2 Å². The van der Waals surface area contributed by atoms with E-state index in [1.54, 1.807) is 6.07 Å². The first-order chi connectivity index (χ1) is 7.10. The summed E-state index contributed by atoms with van der Waals surface area (Å²) in [5.74, 6) is -1.68. The molecule has 1 saturated heterocycles. The maximum absolute atomic E-state index is 11.0. The molecule has 2 amide bonds. The maximum atomic E-state index is 11.0. The Labute approximate surface area is 85.4 Å². The highest BCUT2D eigenvalue weighted by Gasteiger charge is 2.45. The number of amides is 2. The lowest BCUT2D eigenvalue weighted by Crippen LogP contribution is -2.72. The van der Waals surface area contributed by atoms with Gasteiger partial charge in [-0.1, -0.05) is 0 Å². The van der Waals surface area contributed by atoms with Gasteiger partial charge in [0, 0.05) is 0 Å². The molecule has 0 bridgehead atoms. The minimum absolute atomic E-state index is 0.350. The number of rotatable bonds is 3. The van der Waals surface area contributed by atoms with Crippen LogP contribution in [0.15, 0.2) is 0 Å². The molecule has 0 aromatic carbocycles. The fraction of sp³-hybridized carbons (Fsp3) is 0.500. The number of nitrogens with one attached hydrogen (secondary N) is 2. The van der Waals surface area contributed by atoms with Crippen LogP contribution in [0.1, 0.15) is 6.42 Å². The minimum Gasteiger partial charge on any atom is -0.467 e. The smallest absolute Gasteiger partial charge is 0.331 e. The van der Waals surface area contributed by atoms with Crippen molar-refractivity contribution in [1.29, 1.82) is 5.26 Å². The van der Waals surface area contributed by atoms with Crippen LogP contribution in [0.5, 0.6) is 0 Å². The van der Waals surface area contributed by atoms with Gasteiger partial charge in [0.25, 0.3) is 0 Å². The molecule has 1 heterocycles. The SMILES string of the molecule is COC(=O)[C@H]1NC(=O)[C@H]1NC(=O)CC#N. The molecule has 80 valence electrons. The molecule has 0 radical (unpaired) electrons. The average molecular weight is 211 g/mol. The first-order valence-electron chi connectivity index (χ1n) is 4.14. The van der Waals surface area contributed by atoms with Gasteiger partial charge >= 0.3 is 5.97 Å². The second-order valence-electron chi connectivity index (χ2n) is 2.89. The quantitative estimate of drug-likeness (QED) is 0.417. The van der Waals surface area contributed by atoms with Crippen molar-refractivity contribution in [2.75, 3.05) is 7.11 Å². The summed E-state index contributed by atoms with van der Waals surface area (Å²) in [7, 11) is 1.18. The first kappa shape index (κ1) is 11.0. The molecule has 15 heavy (non-hydrogen) atoms. The third kappa shape index (κ3) is 2.22. The summed E-state index contributed by atoms with van der Waals surface area (Å²) in [6.45, 7) is 0. The Hall–Kier alpha value is -2.10. The monoisotopic (exact) mass is 211 g/mol. The van der Waals surface area contributed by atoms with Crippen LogP contribution >= 0.6 is 0 Å². The predicted octanol–water partition coefficient (Wildman–Crippen LogP) is -1.94. The van der Waals surface area contributed by atoms with E-state index in [4.69, 9.17) is 5.26 Å². The lowest BCUT2D eigenvalue weighted by Gasteiger charge is -2.34. The minimum atomic E-state index is -0.932. The Morgan fingerprint density at radius 3 is 2.80 bits per heavy atom. The van der Waals surface area contributed by atoms with Gasteiger partial charge in [0.15, 0.2) is 6.04 Å². The number of nitrogens with zero attached hydrogens (tertiary/aromatic N) is 1. The van der Waals surface area contributed by atoms with Crippen LogP contribution in [-0.4, -0.2) is 37.0 Å². The van der Waals surface area contributed by atoms with Crippen LogP contribution in [0.3, 0.4) is 0 Å². The number of esters is 1. The van der Waals surface area contributed by atoms with Gasteiger partial charge in [-0.05, 0) is 0 Å². The van der Waals surface area contributed by atoms with Crippen molar-refractivity contribution in [3.8, 4) is 6.07 Å². The first-order valence-corrected chi connectivity index (χ1v) is 4.14. The zero-order valence-electron chi connectivity index (χ0n) is 7.94. The molecular formula is C8H9N3O4. The Morgan fingerprint density at radius 2 is 2.33 bits per heavy atom. The topological polar surface area (TPSA) is 108 Å². The van der Waals surface area contributed by atoms with Gasteiger partial charge < -0.3 is 15.4 Å². The highest BCUT2D eigenvalue weighted by Crippen LogP contribution is 2.07. The van der Waals surface area contributed by atoms with Crippen LogP contribution < -0.4 is 10.6 Å². The molecule has 7 nitrogen and oxygen atoms in total. The van der Waals surface area contributed by atoms with Crippen molar-refractivity contribution in [3.05, 3.63) is 0 Å². The molecule has 1 aliphatic rings. The summed E-state index contributed by atoms with van der Waals surface area (Å²) in [6, 6.07) is -0.155. The van der Waals surface area contributed by atoms with E-state index in [1.165, 1.54) is 7.11 Å². The van der Waals surface area contributed by atoms with Crippen LogP contribution in [0.4, 0.5) is 0 Å². The van der Waals surface area contributed by atoms with Crippen molar-refractivity contribution in [3.63, 3.8) is 0 Å². The highest BCUT2D eigenvalue weighted by molar-refractivity contribution is 6.02. The van der Waals surface area contributed by atoms with Crippen LogP contribution in [0, 0.1) is 11.3 Å². The number of hydrogen-bond acceptors (Lipinski definition) is 5. The predicted molar refractivity (Wildman–Crippen MR) is 46.1 cm³/mol. The largest absolute Gasteiger partial charge is 0.467 e. The molecule has 2 atom stereocenters. The van der Waals surface area contributed by atoms with Gasteiger partial charge in [0.2, 0.25) is 11.8 Å². The van der Waals surface area contributed by atoms with Crippen molar-refractivity contribution in [2.45, 2.75) is 18.5 Å². The molecule has 0 saturated carbocycles. The van der Waals surface area contributed by atoms with Gasteiger partial charge in [0.1, 0.15) is 12.5 Å². The number of carbonyl (C=O) groups excluding carboxylic acids is 3. The van der Waals surface area contributed by atoms with E-state index < -0.39 is 29.9 Å². The molecular weight excluding hydrogens is 202 g/mol. The summed E-state index contributed by atoms with van der Waals surface area (Å²) in [4.78, 5) is 33.0. The van der Waals surface area contributed by atoms with Gasteiger partial charge in [-0.3, -0.25) is 9.59 Å². The Bertz CT molecular complexity index is 346. The van der Waals surface area contributed by atoms with E-state index in [0.29, 0.717) is 0 Å². The summed E-state index contributed by atoms with van der Waals surface area (Å²) in [6.07, 6.45) is -0.350. The highest BCUT2D eigenvalue weighted by atomic mass is 16.5. The lowest BCUT2D eigenvalue weighted by molar-refractivity contribution is -0.153. The van der Waals surface area contributed by atoms with Crippen LogP contribution in [0.2, 0.25) is 0 Å². The normalized spacial score (nSPS) is 23.1. The van der Waals surface area contributed by atoms with Gasteiger partial charge in [-0.15, -0.1) is 0 Å². The fourth-order valence-electron chi connectivity index (χ4n) is 1.15. The van der Waals surface area contributed by atoms with Crippen molar-refractivity contribution in [1.82, 2.24) is 10.6 Å². The Kier molecular flexibility index (Phi) is 3.23. The molecule has 2 N–H and O–H groups in total. The summed E-state index contributed by atoms with van der Waals surface area (Å²) in [5, 5.41) is 12.8. The van der Waals surface area contributed by atoms with Crippen molar-refractivity contribution in [2.24, 2.45) is 0 Å². The van der Waals surface area contributed by atoms with E-state index in [-0.39, 0.29) is 6.42 Å². The number of β-lactam (4-membered cyclic amide) rings is 1. The van der Waals surface area contributed by atoms with Gasteiger partial charge in [-0.25, -0.2) is 4.79 Å². The lowest BCUT2D eigenvalue weighted by atomic mass is 9.99. The standard InChI is InChI=1S/C8H9N3O4/c1-15-8(14)6-5(7(13)11-6)10-4(12)2-3-9/h5-6H,2H2,1H3,(H,10,12)(H,11,13)/t5-,6-/m0/s1. The Balaban J connectivity index is 2.53. The zero-order chi connectivity index (χ0) is 11.4. The second-order valence-corrected chi connectivity index (χ2v) is 2.89. The molecule has 1 rings (SSSR count). The number of hydrogen-bond donors (Lipinski definition) is 2.